The average molecular weight is 329 g/mol. The number of amides is 1. The summed E-state index contributed by atoms with van der Waals surface area (Å²) in [5.41, 5.74) is 0.605. The van der Waals surface area contributed by atoms with Crippen molar-refractivity contribution < 1.29 is 14.7 Å². The zero-order chi connectivity index (χ0) is 14.0. The van der Waals surface area contributed by atoms with Crippen molar-refractivity contribution in [2.75, 3.05) is 0 Å². The molecule has 104 valence electrons. The van der Waals surface area contributed by atoms with Crippen LogP contribution in [-0.2, 0) is 11.3 Å². The molecule has 0 aliphatic heterocycles. The van der Waals surface area contributed by atoms with Crippen LogP contribution in [0.25, 0.3) is 0 Å². The van der Waals surface area contributed by atoms with Crippen molar-refractivity contribution in [3.63, 3.8) is 0 Å². The molecule has 1 aliphatic rings. The zero-order valence-electron chi connectivity index (χ0n) is 10.7. The van der Waals surface area contributed by atoms with Crippen LogP contribution in [0.1, 0.15) is 36.7 Å². The number of carbonyl (C=O) groups is 2. The van der Waals surface area contributed by atoms with Gasteiger partial charge in [-0.05, 0) is 48.2 Å². The highest BCUT2D eigenvalue weighted by molar-refractivity contribution is 9.10. The number of hydrogen-bond donors (Lipinski definition) is 2. The standard InChI is InChI=1S/C13H17BrN2O3/c1-2-16-7-9(14)6-11(16)12(17)15-10-4-3-8(5-10)13(18)19/h6-8,10H,2-5H2,1H3,(H,15,17)(H,18,19). The van der Waals surface area contributed by atoms with E-state index in [1.54, 1.807) is 6.07 Å². The summed E-state index contributed by atoms with van der Waals surface area (Å²) in [6, 6.07) is 1.75. The molecule has 2 rings (SSSR count). The predicted octanol–water partition coefficient (Wildman–Crippen LogP) is 2.25. The summed E-state index contributed by atoms with van der Waals surface area (Å²) in [6.45, 7) is 2.69. The Labute approximate surface area is 120 Å². The number of nitrogens with zero attached hydrogens (tertiary/aromatic N) is 1. The molecule has 5 nitrogen and oxygen atoms in total. The molecule has 0 radical (unpaired) electrons. The molecule has 0 spiro atoms. The molecular weight excluding hydrogens is 312 g/mol. The van der Waals surface area contributed by atoms with E-state index in [-0.39, 0.29) is 17.9 Å². The maximum absolute atomic E-state index is 12.2. The van der Waals surface area contributed by atoms with Gasteiger partial charge in [0.05, 0.1) is 5.92 Å². The smallest absolute Gasteiger partial charge is 0.306 e. The highest BCUT2D eigenvalue weighted by Crippen LogP contribution is 2.26. The Hall–Kier alpha value is -1.30. The van der Waals surface area contributed by atoms with E-state index in [0.717, 1.165) is 17.4 Å². The topological polar surface area (TPSA) is 71.3 Å². The Morgan fingerprint density at radius 1 is 1.53 bits per heavy atom. The summed E-state index contributed by atoms with van der Waals surface area (Å²) >= 11 is 3.35. The summed E-state index contributed by atoms with van der Waals surface area (Å²) in [4.78, 5) is 23.1. The number of carbonyl (C=O) groups excluding carboxylic acids is 1. The SMILES string of the molecule is CCn1cc(Br)cc1C(=O)NC1CCC(C(=O)O)C1. The third kappa shape index (κ3) is 3.18. The lowest BCUT2D eigenvalue weighted by atomic mass is 10.1. The first-order valence-electron chi connectivity index (χ1n) is 6.40. The zero-order valence-corrected chi connectivity index (χ0v) is 12.3. The minimum absolute atomic E-state index is 0.0346. The van der Waals surface area contributed by atoms with E-state index in [9.17, 15) is 9.59 Å². The number of halogens is 1. The Balaban J connectivity index is 2.00. The van der Waals surface area contributed by atoms with Gasteiger partial charge in [-0.25, -0.2) is 0 Å². The molecule has 1 fully saturated rings. The number of aryl methyl sites for hydroxylation is 1. The second kappa shape index (κ2) is 5.77. The molecular formula is C13H17BrN2O3. The molecule has 1 saturated carbocycles. The van der Waals surface area contributed by atoms with E-state index in [0.29, 0.717) is 18.5 Å². The van der Waals surface area contributed by atoms with E-state index < -0.39 is 5.97 Å². The second-order valence-electron chi connectivity index (χ2n) is 4.85. The van der Waals surface area contributed by atoms with Gasteiger partial charge in [-0.15, -0.1) is 0 Å². The van der Waals surface area contributed by atoms with Gasteiger partial charge in [0.15, 0.2) is 0 Å². The minimum Gasteiger partial charge on any atom is -0.481 e. The Morgan fingerprint density at radius 2 is 2.26 bits per heavy atom. The third-order valence-electron chi connectivity index (χ3n) is 3.55. The summed E-state index contributed by atoms with van der Waals surface area (Å²) < 4.78 is 2.73. The minimum atomic E-state index is -0.767. The molecule has 2 N–H and O–H groups in total. The maximum atomic E-state index is 12.2. The lowest BCUT2D eigenvalue weighted by Gasteiger charge is -2.13. The molecule has 0 bridgehead atoms. The first-order valence-corrected chi connectivity index (χ1v) is 7.20. The number of nitrogens with one attached hydrogen (secondary N) is 1. The lowest BCUT2D eigenvalue weighted by Crippen LogP contribution is -2.34. The first-order chi connectivity index (χ1) is 9.01. The van der Waals surface area contributed by atoms with Crippen LogP contribution in [0.5, 0.6) is 0 Å². The van der Waals surface area contributed by atoms with Crippen molar-refractivity contribution in [3.8, 4) is 0 Å². The van der Waals surface area contributed by atoms with Crippen LogP contribution in [0.2, 0.25) is 0 Å². The van der Waals surface area contributed by atoms with Crippen molar-refractivity contribution in [1.29, 1.82) is 0 Å². The largest absolute Gasteiger partial charge is 0.481 e. The van der Waals surface area contributed by atoms with Gasteiger partial charge in [0.25, 0.3) is 5.91 Å². The van der Waals surface area contributed by atoms with Crippen LogP contribution in [0, 0.1) is 5.92 Å². The van der Waals surface area contributed by atoms with Crippen molar-refractivity contribution in [2.24, 2.45) is 5.92 Å². The number of carboxylic acids is 1. The molecule has 1 aromatic rings. The van der Waals surface area contributed by atoms with Crippen LogP contribution >= 0.6 is 15.9 Å². The molecule has 1 heterocycles. The molecule has 6 heteroatoms. The highest BCUT2D eigenvalue weighted by Gasteiger charge is 2.31. The van der Waals surface area contributed by atoms with Gasteiger partial charge in [-0.3, -0.25) is 9.59 Å². The summed E-state index contributed by atoms with van der Waals surface area (Å²) in [5.74, 6) is -1.23. The van der Waals surface area contributed by atoms with Gasteiger partial charge in [0.2, 0.25) is 0 Å². The van der Waals surface area contributed by atoms with Crippen LogP contribution < -0.4 is 5.32 Å². The number of aliphatic carboxylic acids is 1. The van der Waals surface area contributed by atoms with Crippen molar-refractivity contribution in [2.45, 2.75) is 38.8 Å². The Morgan fingerprint density at radius 3 is 2.84 bits per heavy atom. The number of aromatic nitrogens is 1. The highest BCUT2D eigenvalue weighted by atomic mass is 79.9. The summed E-state index contributed by atoms with van der Waals surface area (Å²) in [7, 11) is 0. The lowest BCUT2D eigenvalue weighted by molar-refractivity contribution is -0.141. The summed E-state index contributed by atoms with van der Waals surface area (Å²) in [5, 5.41) is 11.9. The van der Waals surface area contributed by atoms with E-state index in [2.05, 4.69) is 21.2 Å². The average Bonchev–Trinajstić information content (AvgIpc) is 2.95. The second-order valence-corrected chi connectivity index (χ2v) is 5.76. The maximum Gasteiger partial charge on any atom is 0.306 e. The number of hydrogen-bond acceptors (Lipinski definition) is 2. The molecule has 1 amide bonds. The fourth-order valence-corrected chi connectivity index (χ4v) is 2.99. The monoisotopic (exact) mass is 328 g/mol. The van der Waals surface area contributed by atoms with Crippen LogP contribution in [0.4, 0.5) is 0 Å². The molecule has 1 aromatic heterocycles. The van der Waals surface area contributed by atoms with Crippen LogP contribution in [-0.4, -0.2) is 27.6 Å². The number of carboxylic acid groups (broad SMARTS) is 1. The normalized spacial score (nSPS) is 22.4. The van der Waals surface area contributed by atoms with Gasteiger partial charge in [0.1, 0.15) is 5.69 Å². The summed E-state index contributed by atoms with van der Waals surface area (Å²) in [6.07, 6.45) is 3.76. The van der Waals surface area contributed by atoms with Crippen molar-refractivity contribution in [3.05, 3.63) is 22.4 Å². The van der Waals surface area contributed by atoms with E-state index >= 15 is 0 Å². The quantitative estimate of drug-likeness (QED) is 0.890. The predicted molar refractivity (Wildman–Crippen MR) is 74.0 cm³/mol. The molecule has 0 saturated heterocycles. The van der Waals surface area contributed by atoms with E-state index in [1.807, 2.05) is 17.7 Å². The van der Waals surface area contributed by atoms with E-state index in [1.165, 1.54) is 0 Å². The van der Waals surface area contributed by atoms with Gasteiger partial charge in [-0.1, -0.05) is 0 Å². The van der Waals surface area contributed by atoms with Gasteiger partial charge in [-0.2, -0.15) is 0 Å². The fourth-order valence-electron chi connectivity index (χ4n) is 2.52. The molecule has 1 aliphatic carbocycles. The van der Waals surface area contributed by atoms with Gasteiger partial charge in [0, 0.05) is 23.3 Å². The number of rotatable bonds is 4. The Bertz CT molecular complexity index is 498. The third-order valence-corrected chi connectivity index (χ3v) is 3.99. The Kier molecular flexibility index (Phi) is 4.29. The van der Waals surface area contributed by atoms with Crippen molar-refractivity contribution >= 4 is 27.8 Å². The fraction of sp³-hybridized carbons (Fsp3) is 0.538. The van der Waals surface area contributed by atoms with Crippen LogP contribution in [0.15, 0.2) is 16.7 Å². The van der Waals surface area contributed by atoms with E-state index in [4.69, 9.17) is 5.11 Å². The molecule has 0 aromatic carbocycles. The molecule has 19 heavy (non-hydrogen) atoms. The molecule has 2 unspecified atom stereocenters. The van der Waals surface area contributed by atoms with Crippen molar-refractivity contribution in [1.82, 2.24) is 9.88 Å². The van der Waals surface area contributed by atoms with Gasteiger partial charge < -0.3 is 15.0 Å². The molecule has 2 atom stereocenters. The van der Waals surface area contributed by atoms with Crippen LogP contribution in [0.3, 0.4) is 0 Å². The first kappa shape index (κ1) is 14.1. The van der Waals surface area contributed by atoms with Gasteiger partial charge >= 0.3 is 5.97 Å².